The van der Waals surface area contributed by atoms with Gasteiger partial charge in [-0.1, -0.05) is 0 Å². The summed E-state index contributed by atoms with van der Waals surface area (Å²) in [6.07, 6.45) is 11.6. The molecule has 2 aromatic rings. The first kappa shape index (κ1) is 17.3. The van der Waals surface area contributed by atoms with E-state index in [1.807, 2.05) is 25.4 Å². The molecular weight excluding hydrogens is 328 g/mol. The molecule has 1 N–H and O–H groups in total. The van der Waals surface area contributed by atoms with Gasteiger partial charge in [-0.15, -0.1) is 0 Å². The van der Waals surface area contributed by atoms with Gasteiger partial charge in [-0.2, -0.15) is 0 Å². The summed E-state index contributed by atoms with van der Waals surface area (Å²) in [5.41, 5.74) is 1.17. The average molecular weight is 354 g/mol. The summed E-state index contributed by atoms with van der Waals surface area (Å²) < 4.78 is 6.26. The number of hydrogen-bond acceptors (Lipinski definition) is 7. The second-order valence-electron chi connectivity index (χ2n) is 7.35. The Bertz CT molecular complexity index is 700. The van der Waals surface area contributed by atoms with Crippen molar-refractivity contribution in [2.75, 3.05) is 25.0 Å². The summed E-state index contributed by atoms with van der Waals surface area (Å²) in [7, 11) is 0. The minimum atomic E-state index is -0.00896. The molecule has 0 saturated carbocycles. The summed E-state index contributed by atoms with van der Waals surface area (Å²) >= 11 is 0. The number of piperidine rings is 1. The number of aryl methyl sites for hydroxylation is 1. The molecule has 2 fully saturated rings. The van der Waals surface area contributed by atoms with Gasteiger partial charge in [-0.25, -0.2) is 19.9 Å². The fourth-order valence-electron chi connectivity index (χ4n) is 3.93. The van der Waals surface area contributed by atoms with Crippen LogP contribution in [0.2, 0.25) is 0 Å². The molecule has 1 atom stereocenters. The van der Waals surface area contributed by atoms with Crippen LogP contribution in [-0.2, 0) is 11.3 Å². The van der Waals surface area contributed by atoms with Gasteiger partial charge in [0.15, 0.2) is 0 Å². The number of aromatic nitrogens is 4. The number of hydrogen-bond donors (Lipinski definition) is 1. The van der Waals surface area contributed by atoms with Crippen LogP contribution in [-0.4, -0.2) is 56.2 Å². The molecule has 138 valence electrons. The molecule has 0 aromatic carbocycles. The highest BCUT2D eigenvalue weighted by molar-refractivity contribution is 5.25. The zero-order chi connectivity index (χ0) is 17.8. The summed E-state index contributed by atoms with van der Waals surface area (Å²) in [6.45, 7) is 5.72. The monoisotopic (exact) mass is 354 g/mol. The molecular formula is C19H26N6O. The van der Waals surface area contributed by atoms with E-state index >= 15 is 0 Å². The quantitative estimate of drug-likeness (QED) is 0.902. The van der Waals surface area contributed by atoms with Crippen molar-refractivity contribution >= 4 is 5.95 Å². The van der Waals surface area contributed by atoms with Crippen LogP contribution in [0.4, 0.5) is 5.95 Å². The SMILES string of the molecule is Cc1ncc(CN2CCC3(CC2)C[C@@H](Nc2ncccn2)CCO3)cn1. The maximum Gasteiger partial charge on any atom is 0.222 e. The van der Waals surface area contributed by atoms with Crippen molar-refractivity contribution in [1.82, 2.24) is 24.8 Å². The predicted octanol–water partition coefficient (Wildman–Crippen LogP) is 2.20. The maximum absolute atomic E-state index is 6.26. The number of nitrogens with one attached hydrogen (secondary N) is 1. The van der Waals surface area contributed by atoms with Gasteiger partial charge in [0.25, 0.3) is 0 Å². The van der Waals surface area contributed by atoms with Gasteiger partial charge < -0.3 is 10.1 Å². The Kier molecular flexibility index (Phi) is 5.08. The molecule has 2 aliphatic rings. The third kappa shape index (κ3) is 4.16. The van der Waals surface area contributed by atoms with Crippen molar-refractivity contribution in [2.45, 2.75) is 50.8 Å². The fourth-order valence-corrected chi connectivity index (χ4v) is 3.93. The summed E-state index contributed by atoms with van der Waals surface area (Å²) in [5, 5.41) is 3.48. The molecule has 2 aromatic heterocycles. The van der Waals surface area contributed by atoms with Gasteiger partial charge in [0, 0.05) is 62.6 Å². The number of ether oxygens (including phenoxy) is 1. The first-order valence-corrected chi connectivity index (χ1v) is 9.38. The minimum Gasteiger partial charge on any atom is -0.375 e. The van der Waals surface area contributed by atoms with Gasteiger partial charge in [-0.05, 0) is 38.7 Å². The molecule has 0 amide bonds. The molecule has 7 nitrogen and oxygen atoms in total. The Hall–Kier alpha value is -2.12. The zero-order valence-corrected chi connectivity index (χ0v) is 15.3. The van der Waals surface area contributed by atoms with Crippen LogP contribution in [0.1, 0.15) is 37.1 Å². The van der Waals surface area contributed by atoms with Crippen molar-refractivity contribution < 1.29 is 4.74 Å². The van der Waals surface area contributed by atoms with E-state index in [9.17, 15) is 0 Å². The first-order valence-electron chi connectivity index (χ1n) is 9.38. The molecule has 4 heterocycles. The lowest BCUT2D eigenvalue weighted by atomic mass is 9.82. The third-order valence-electron chi connectivity index (χ3n) is 5.40. The maximum atomic E-state index is 6.26. The van der Waals surface area contributed by atoms with Crippen molar-refractivity contribution in [2.24, 2.45) is 0 Å². The molecule has 26 heavy (non-hydrogen) atoms. The van der Waals surface area contributed by atoms with E-state index in [1.54, 1.807) is 12.4 Å². The molecule has 0 aliphatic carbocycles. The van der Waals surface area contributed by atoms with Gasteiger partial charge >= 0.3 is 0 Å². The van der Waals surface area contributed by atoms with Crippen LogP contribution in [0, 0.1) is 6.92 Å². The van der Waals surface area contributed by atoms with Crippen LogP contribution in [0.25, 0.3) is 0 Å². The van der Waals surface area contributed by atoms with Crippen molar-refractivity contribution in [3.8, 4) is 0 Å². The molecule has 0 radical (unpaired) electrons. The Morgan fingerprint density at radius 3 is 2.62 bits per heavy atom. The number of anilines is 1. The average Bonchev–Trinajstić information content (AvgIpc) is 2.67. The topological polar surface area (TPSA) is 76.1 Å². The largest absolute Gasteiger partial charge is 0.375 e. The smallest absolute Gasteiger partial charge is 0.222 e. The second kappa shape index (κ2) is 7.63. The van der Waals surface area contributed by atoms with Crippen molar-refractivity contribution in [1.29, 1.82) is 0 Å². The number of nitrogens with zero attached hydrogens (tertiary/aromatic N) is 5. The van der Waals surface area contributed by atoms with E-state index in [4.69, 9.17) is 4.74 Å². The van der Waals surface area contributed by atoms with Crippen molar-refractivity contribution in [3.63, 3.8) is 0 Å². The van der Waals surface area contributed by atoms with E-state index in [2.05, 4.69) is 30.2 Å². The van der Waals surface area contributed by atoms with E-state index in [0.717, 1.165) is 57.7 Å². The lowest BCUT2D eigenvalue weighted by molar-refractivity contribution is -0.115. The summed E-state index contributed by atoms with van der Waals surface area (Å²) in [6, 6.07) is 2.22. The lowest BCUT2D eigenvalue weighted by Crippen LogP contribution is -2.51. The zero-order valence-electron chi connectivity index (χ0n) is 15.3. The van der Waals surface area contributed by atoms with Gasteiger partial charge in [0.05, 0.1) is 5.60 Å². The molecule has 4 rings (SSSR count). The minimum absolute atomic E-state index is 0.00896. The molecule has 2 aliphatic heterocycles. The Morgan fingerprint density at radius 1 is 1.15 bits per heavy atom. The molecule has 1 spiro atoms. The van der Waals surface area contributed by atoms with Crippen LogP contribution < -0.4 is 5.32 Å². The van der Waals surface area contributed by atoms with Gasteiger partial charge in [0.1, 0.15) is 5.82 Å². The highest BCUT2D eigenvalue weighted by atomic mass is 16.5. The van der Waals surface area contributed by atoms with Gasteiger partial charge in [0.2, 0.25) is 5.95 Å². The molecule has 0 unspecified atom stereocenters. The normalized spacial score (nSPS) is 23.0. The van der Waals surface area contributed by atoms with Crippen molar-refractivity contribution in [3.05, 3.63) is 42.2 Å². The molecule has 0 bridgehead atoms. The molecule has 2 saturated heterocycles. The van der Waals surface area contributed by atoms with E-state index in [1.165, 1.54) is 5.56 Å². The Morgan fingerprint density at radius 2 is 1.88 bits per heavy atom. The van der Waals surface area contributed by atoms with E-state index < -0.39 is 0 Å². The second-order valence-corrected chi connectivity index (χ2v) is 7.35. The van der Waals surface area contributed by atoms with E-state index in [0.29, 0.717) is 12.0 Å². The van der Waals surface area contributed by atoms with Crippen LogP contribution >= 0.6 is 0 Å². The predicted molar refractivity (Wildman–Crippen MR) is 98.6 cm³/mol. The number of rotatable bonds is 4. The standard InChI is InChI=1S/C19H26N6O/c1-15-22-12-16(13-23-15)14-25-8-4-19(5-9-25)11-17(3-10-26-19)24-18-20-6-2-7-21-18/h2,6-7,12-13,17H,3-5,8-11,14H2,1H3,(H,20,21,24)/t17-/m0/s1. The summed E-state index contributed by atoms with van der Waals surface area (Å²) in [5.74, 6) is 1.54. The Labute approximate surface area is 154 Å². The highest BCUT2D eigenvalue weighted by Crippen LogP contribution is 2.36. The third-order valence-corrected chi connectivity index (χ3v) is 5.40. The fraction of sp³-hybridized carbons (Fsp3) is 0.579. The lowest BCUT2D eigenvalue weighted by Gasteiger charge is -2.46. The Balaban J connectivity index is 1.31. The summed E-state index contributed by atoms with van der Waals surface area (Å²) in [4.78, 5) is 19.6. The van der Waals surface area contributed by atoms with Crippen LogP contribution in [0.3, 0.4) is 0 Å². The number of likely N-dealkylation sites (tertiary alicyclic amines) is 1. The van der Waals surface area contributed by atoms with E-state index in [-0.39, 0.29) is 5.60 Å². The first-order chi connectivity index (χ1) is 12.7. The van der Waals surface area contributed by atoms with Crippen LogP contribution in [0.5, 0.6) is 0 Å². The highest BCUT2D eigenvalue weighted by Gasteiger charge is 2.40. The van der Waals surface area contributed by atoms with Gasteiger partial charge in [-0.3, -0.25) is 4.90 Å². The molecule has 7 heteroatoms. The van der Waals surface area contributed by atoms with Crippen LogP contribution in [0.15, 0.2) is 30.9 Å².